The van der Waals surface area contributed by atoms with E-state index in [2.05, 4.69) is 0 Å². The Morgan fingerprint density at radius 1 is 1.10 bits per heavy atom. The predicted molar refractivity (Wildman–Crippen MR) is 96.1 cm³/mol. The number of benzene rings is 2. The van der Waals surface area contributed by atoms with Crippen LogP contribution in [0.2, 0.25) is 0 Å². The first-order chi connectivity index (χ1) is 13.7. The highest BCUT2D eigenvalue weighted by Crippen LogP contribution is 2.40. The molecule has 2 N–H and O–H groups in total. The van der Waals surface area contributed by atoms with Crippen LogP contribution < -0.4 is 0 Å². The van der Waals surface area contributed by atoms with Crippen molar-refractivity contribution in [1.29, 1.82) is 0 Å². The topological polar surface area (TPSA) is 138 Å². The fourth-order valence-corrected chi connectivity index (χ4v) is 3.11. The highest BCUT2D eigenvalue weighted by molar-refractivity contribution is 6.46. The Hall–Kier alpha value is -4.08. The number of aliphatic hydroxyl groups excluding tert-OH is 1. The van der Waals surface area contributed by atoms with Gasteiger partial charge in [0.25, 0.3) is 17.4 Å². The monoisotopic (exact) mass is 400 g/mol. The van der Waals surface area contributed by atoms with E-state index in [1.165, 1.54) is 18.2 Å². The van der Waals surface area contributed by atoms with Crippen LogP contribution in [-0.2, 0) is 14.4 Å². The molecule has 0 spiro atoms. The standard InChI is InChI=1S/C19H13FN2O7/c20-13-4-2-1-3-12(13)16-15(18(26)19(27)21(16)9-14(23)24)17(25)10-5-7-11(8-6-10)22(28)29/h1-8,16,25H,9H2,(H,23,24)/b17-15+/t16-/m0/s1. The average Bonchev–Trinajstić information content (AvgIpc) is 2.92. The van der Waals surface area contributed by atoms with Gasteiger partial charge in [-0.3, -0.25) is 24.5 Å². The number of Topliss-reactive ketones (excluding diaryl/α,β-unsaturated/α-hetero) is 1. The van der Waals surface area contributed by atoms with E-state index in [0.29, 0.717) is 4.90 Å². The fourth-order valence-electron chi connectivity index (χ4n) is 3.11. The lowest BCUT2D eigenvalue weighted by Gasteiger charge is -2.24. The molecule has 1 aliphatic heterocycles. The number of hydrogen-bond acceptors (Lipinski definition) is 6. The van der Waals surface area contributed by atoms with E-state index < -0.39 is 52.3 Å². The summed E-state index contributed by atoms with van der Waals surface area (Å²) in [4.78, 5) is 46.9. The Bertz CT molecular complexity index is 1060. The van der Waals surface area contributed by atoms with Gasteiger partial charge in [0.1, 0.15) is 18.1 Å². The van der Waals surface area contributed by atoms with Crippen molar-refractivity contribution in [3.05, 3.63) is 81.2 Å². The Morgan fingerprint density at radius 2 is 1.72 bits per heavy atom. The molecule has 0 aromatic heterocycles. The number of aliphatic hydroxyl groups is 1. The van der Waals surface area contributed by atoms with E-state index in [4.69, 9.17) is 5.11 Å². The molecule has 0 radical (unpaired) electrons. The summed E-state index contributed by atoms with van der Waals surface area (Å²) in [6, 6.07) is 8.17. The number of carboxylic acid groups (broad SMARTS) is 1. The molecule has 2 aromatic rings. The molecule has 0 aliphatic carbocycles. The highest BCUT2D eigenvalue weighted by Gasteiger charge is 2.47. The summed E-state index contributed by atoms with van der Waals surface area (Å²) < 4.78 is 14.4. The summed E-state index contributed by atoms with van der Waals surface area (Å²) >= 11 is 0. The zero-order chi connectivity index (χ0) is 21.3. The van der Waals surface area contributed by atoms with Crippen molar-refractivity contribution in [1.82, 2.24) is 4.90 Å². The second-order valence-corrected chi connectivity index (χ2v) is 6.15. The maximum atomic E-state index is 14.4. The summed E-state index contributed by atoms with van der Waals surface area (Å²) in [5.41, 5.74) is -0.963. The van der Waals surface area contributed by atoms with Crippen molar-refractivity contribution in [2.75, 3.05) is 6.54 Å². The van der Waals surface area contributed by atoms with Crippen LogP contribution in [0.25, 0.3) is 5.76 Å². The predicted octanol–water partition coefficient (Wildman–Crippen LogP) is 2.24. The van der Waals surface area contributed by atoms with Crippen molar-refractivity contribution >= 4 is 29.1 Å². The number of ketones is 1. The molecular weight excluding hydrogens is 387 g/mol. The molecule has 1 atom stereocenters. The fraction of sp³-hybridized carbons (Fsp3) is 0.105. The minimum atomic E-state index is -1.47. The van der Waals surface area contributed by atoms with Crippen LogP contribution in [0.4, 0.5) is 10.1 Å². The number of nitro groups is 1. The van der Waals surface area contributed by atoms with Crippen molar-refractivity contribution < 1.29 is 33.9 Å². The van der Waals surface area contributed by atoms with Crippen LogP contribution in [0.3, 0.4) is 0 Å². The Balaban J connectivity index is 2.20. The Labute approximate surface area is 162 Å². The molecule has 10 heteroatoms. The minimum Gasteiger partial charge on any atom is -0.507 e. The number of nitrogens with zero attached hydrogens (tertiary/aromatic N) is 2. The van der Waals surface area contributed by atoms with Crippen LogP contribution in [-0.4, -0.2) is 44.2 Å². The Kier molecular flexibility index (Phi) is 5.09. The average molecular weight is 400 g/mol. The van der Waals surface area contributed by atoms with Crippen molar-refractivity contribution in [2.24, 2.45) is 0 Å². The number of carboxylic acids is 1. The van der Waals surface area contributed by atoms with Crippen LogP contribution in [0.5, 0.6) is 0 Å². The van der Waals surface area contributed by atoms with Gasteiger partial charge in [-0.1, -0.05) is 18.2 Å². The number of carbonyl (C=O) groups excluding carboxylic acids is 2. The largest absolute Gasteiger partial charge is 0.507 e. The molecule has 0 unspecified atom stereocenters. The van der Waals surface area contributed by atoms with Crippen molar-refractivity contribution in [2.45, 2.75) is 6.04 Å². The molecule has 1 heterocycles. The minimum absolute atomic E-state index is 0.0229. The van der Waals surface area contributed by atoms with Crippen molar-refractivity contribution in [3.63, 3.8) is 0 Å². The Morgan fingerprint density at radius 3 is 2.28 bits per heavy atom. The van der Waals surface area contributed by atoms with Crippen LogP contribution >= 0.6 is 0 Å². The lowest BCUT2D eigenvalue weighted by atomic mass is 9.95. The number of rotatable bonds is 5. The van der Waals surface area contributed by atoms with Gasteiger partial charge in [-0.05, 0) is 18.2 Å². The van der Waals surface area contributed by atoms with E-state index >= 15 is 0 Å². The van der Waals surface area contributed by atoms with E-state index in [-0.39, 0.29) is 16.8 Å². The highest BCUT2D eigenvalue weighted by atomic mass is 19.1. The number of likely N-dealkylation sites (tertiary alicyclic amines) is 1. The summed E-state index contributed by atoms with van der Waals surface area (Å²) in [5, 5.41) is 30.5. The molecule has 1 fully saturated rings. The molecule has 148 valence electrons. The molecule has 1 aliphatic rings. The van der Waals surface area contributed by atoms with Crippen molar-refractivity contribution in [3.8, 4) is 0 Å². The van der Waals surface area contributed by atoms with Gasteiger partial charge >= 0.3 is 5.97 Å². The van der Waals surface area contributed by atoms with Gasteiger partial charge in [0, 0.05) is 23.3 Å². The number of nitro benzene ring substituents is 1. The van der Waals surface area contributed by atoms with E-state index in [1.54, 1.807) is 0 Å². The molecular formula is C19H13FN2O7. The molecule has 9 nitrogen and oxygen atoms in total. The van der Waals surface area contributed by atoms with Gasteiger partial charge in [-0.2, -0.15) is 0 Å². The van der Waals surface area contributed by atoms with Gasteiger partial charge in [-0.25, -0.2) is 4.39 Å². The maximum absolute atomic E-state index is 14.4. The SMILES string of the molecule is O=C(O)CN1C(=O)C(=O)/C(=C(/O)c2ccc([N+](=O)[O-])cc2)[C@@H]1c1ccccc1F. The first-order valence-corrected chi connectivity index (χ1v) is 8.21. The molecule has 2 aromatic carbocycles. The third kappa shape index (κ3) is 3.55. The maximum Gasteiger partial charge on any atom is 0.323 e. The van der Waals surface area contributed by atoms with Crippen LogP contribution in [0.1, 0.15) is 17.2 Å². The second-order valence-electron chi connectivity index (χ2n) is 6.15. The lowest BCUT2D eigenvalue weighted by molar-refractivity contribution is -0.384. The van der Waals surface area contributed by atoms with Gasteiger partial charge in [0.05, 0.1) is 16.5 Å². The summed E-state index contributed by atoms with van der Waals surface area (Å²) in [7, 11) is 0. The molecule has 29 heavy (non-hydrogen) atoms. The summed E-state index contributed by atoms with van der Waals surface area (Å²) in [6.07, 6.45) is 0. The summed E-state index contributed by atoms with van der Waals surface area (Å²) in [5.74, 6) is -5.31. The quantitative estimate of drug-likeness (QED) is 0.258. The van der Waals surface area contributed by atoms with Crippen LogP contribution in [0, 0.1) is 15.9 Å². The number of hydrogen-bond donors (Lipinski definition) is 2. The normalized spacial score (nSPS) is 18.1. The number of aliphatic carboxylic acids is 1. The summed E-state index contributed by atoms with van der Waals surface area (Å²) in [6.45, 7) is -0.888. The zero-order valence-electron chi connectivity index (χ0n) is 14.6. The molecule has 1 amide bonds. The lowest BCUT2D eigenvalue weighted by Crippen LogP contribution is -2.34. The number of halogens is 1. The first kappa shape index (κ1) is 19.7. The number of non-ortho nitro benzene ring substituents is 1. The molecule has 0 saturated carbocycles. The molecule has 3 rings (SSSR count). The van der Waals surface area contributed by atoms with Crippen LogP contribution in [0.15, 0.2) is 54.1 Å². The molecule has 1 saturated heterocycles. The number of amides is 1. The number of carbonyl (C=O) groups is 3. The van der Waals surface area contributed by atoms with Gasteiger partial charge in [0.2, 0.25) is 0 Å². The van der Waals surface area contributed by atoms with Gasteiger partial charge in [0.15, 0.2) is 0 Å². The first-order valence-electron chi connectivity index (χ1n) is 8.21. The smallest absolute Gasteiger partial charge is 0.323 e. The third-order valence-corrected chi connectivity index (χ3v) is 4.40. The van der Waals surface area contributed by atoms with Gasteiger partial charge < -0.3 is 15.1 Å². The second kappa shape index (κ2) is 7.50. The molecule has 0 bridgehead atoms. The third-order valence-electron chi connectivity index (χ3n) is 4.40. The van der Waals surface area contributed by atoms with E-state index in [9.17, 15) is 34.0 Å². The van der Waals surface area contributed by atoms with E-state index in [1.807, 2.05) is 0 Å². The van der Waals surface area contributed by atoms with Gasteiger partial charge in [-0.15, -0.1) is 0 Å². The zero-order valence-corrected chi connectivity index (χ0v) is 14.6. The van der Waals surface area contributed by atoms with E-state index in [0.717, 1.165) is 30.3 Å².